The topological polar surface area (TPSA) is 55.1 Å². The van der Waals surface area contributed by atoms with Crippen molar-refractivity contribution >= 4 is 5.91 Å². The van der Waals surface area contributed by atoms with E-state index >= 15 is 0 Å². The van der Waals surface area contributed by atoms with Gasteiger partial charge in [-0.25, -0.2) is 0 Å². The van der Waals surface area contributed by atoms with Crippen molar-refractivity contribution in [1.82, 2.24) is 5.32 Å². The van der Waals surface area contributed by atoms with Gasteiger partial charge in [0.2, 0.25) is 5.91 Å². The van der Waals surface area contributed by atoms with Crippen LogP contribution in [0.1, 0.15) is 24.3 Å². The fraction of sp³-hybridized carbons (Fsp3) is 0.462. The summed E-state index contributed by atoms with van der Waals surface area (Å²) in [6, 6.07) is 9.72. The van der Waals surface area contributed by atoms with E-state index in [1.165, 1.54) is 12.8 Å². The first-order chi connectivity index (χ1) is 7.81. The van der Waals surface area contributed by atoms with Crippen LogP contribution in [0.3, 0.4) is 0 Å². The summed E-state index contributed by atoms with van der Waals surface area (Å²) in [6.45, 7) is 1.17. The van der Waals surface area contributed by atoms with Gasteiger partial charge < -0.3 is 11.1 Å². The van der Waals surface area contributed by atoms with E-state index in [0.29, 0.717) is 12.5 Å². The van der Waals surface area contributed by atoms with Gasteiger partial charge in [-0.1, -0.05) is 30.3 Å². The molecule has 1 aromatic rings. The summed E-state index contributed by atoms with van der Waals surface area (Å²) in [5, 5.41) is 2.98. The van der Waals surface area contributed by atoms with Gasteiger partial charge in [0, 0.05) is 13.1 Å². The lowest BCUT2D eigenvalue weighted by atomic mass is 9.98. The molecule has 0 radical (unpaired) electrons. The van der Waals surface area contributed by atoms with Crippen molar-refractivity contribution in [3.05, 3.63) is 35.9 Å². The van der Waals surface area contributed by atoms with Gasteiger partial charge in [0.1, 0.15) is 0 Å². The Bertz CT molecular complexity index is 346. The fourth-order valence-corrected chi connectivity index (χ4v) is 1.77. The Hall–Kier alpha value is -1.35. The highest BCUT2D eigenvalue weighted by atomic mass is 16.1. The van der Waals surface area contributed by atoms with Crippen LogP contribution >= 0.6 is 0 Å². The number of hydrogen-bond donors (Lipinski definition) is 2. The second kappa shape index (κ2) is 5.12. The maximum Gasteiger partial charge on any atom is 0.228 e. The van der Waals surface area contributed by atoms with Crippen molar-refractivity contribution in [3.63, 3.8) is 0 Å². The minimum Gasteiger partial charge on any atom is -0.355 e. The van der Waals surface area contributed by atoms with Gasteiger partial charge in [-0.15, -0.1) is 0 Å². The zero-order chi connectivity index (χ0) is 11.4. The molecule has 1 aliphatic rings. The van der Waals surface area contributed by atoms with Crippen molar-refractivity contribution < 1.29 is 4.79 Å². The molecular formula is C13H18N2O. The van der Waals surface area contributed by atoms with E-state index in [4.69, 9.17) is 5.73 Å². The molecule has 86 valence electrons. The quantitative estimate of drug-likeness (QED) is 0.781. The molecule has 3 N–H and O–H groups in total. The van der Waals surface area contributed by atoms with E-state index in [1.54, 1.807) is 0 Å². The molecule has 0 saturated heterocycles. The Balaban J connectivity index is 1.95. The first-order valence-electron chi connectivity index (χ1n) is 5.84. The summed E-state index contributed by atoms with van der Waals surface area (Å²) in [5.74, 6) is 0.554. The first-order valence-corrected chi connectivity index (χ1v) is 5.84. The number of rotatable bonds is 5. The monoisotopic (exact) mass is 218 g/mol. The first kappa shape index (κ1) is 11.1. The molecule has 1 unspecified atom stereocenters. The van der Waals surface area contributed by atoms with Gasteiger partial charge in [-0.2, -0.15) is 0 Å². The molecule has 3 nitrogen and oxygen atoms in total. The van der Waals surface area contributed by atoms with Gasteiger partial charge in [-0.3, -0.25) is 4.79 Å². The average Bonchev–Trinajstić information content (AvgIpc) is 3.13. The Morgan fingerprint density at radius 3 is 2.62 bits per heavy atom. The molecule has 0 aliphatic heterocycles. The number of hydrogen-bond acceptors (Lipinski definition) is 2. The molecule has 1 fully saturated rings. The maximum atomic E-state index is 11.9. The third-order valence-electron chi connectivity index (χ3n) is 3.02. The lowest BCUT2D eigenvalue weighted by Crippen LogP contribution is -2.34. The minimum atomic E-state index is -0.208. The number of carbonyl (C=O) groups excluding carboxylic acids is 1. The molecule has 1 aromatic carbocycles. The Morgan fingerprint density at radius 2 is 2.06 bits per heavy atom. The highest BCUT2D eigenvalue weighted by Crippen LogP contribution is 2.27. The molecular weight excluding hydrogens is 200 g/mol. The standard InChI is InChI=1S/C13H18N2O/c14-8-12(11-4-2-1-3-5-11)13(16)15-9-10-6-7-10/h1-5,10,12H,6-9,14H2,(H,15,16). The van der Waals surface area contributed by atoms with Gasteiger partial charge in [-0.05, 0) is 24.3 Å². The summed E-state index contributed by atoms with van der Waals surface area (Å²) in [6.07, 6.45) is 2.50. The smallest absolute Gasteiger partial charge is 0.228 e. The maximum absolute atomic E-state index is 11.9. The van der Waals surface area contributed by atoms with Crippen LogP contribution in [0.4, 0.5) is 0 Å². The van der Waals surface area contributed by atoms with Gasteiger partial charge in [0.25, 0.3) is 0 Å². The van der Waals surface area contributed by atoms with Crippen LogP contribution in [-0.2, 0) is 4.79 Å². The van der Waals surface area contributed by atoms with E-state index in [-0.39, 0.29) is 11.8 Å². The Morgan fingerprint density at radius 1 is 1.38 bits per heavy atom. The van der Waals surface area contributed by atoms with Crippen molar-refractivity contribution in [1.29, 1.82) is 0 Å². The van der Waals surface area contributed by atoms with Gasteiger partial charge >= 0.3 is 0 Å². The molecule has 1 atom stereocenters. The highest BCUT2D eigenvalue weighted by molar-refractivity contribution is 5.83. The summed E-state index contributed by atoms with van der Waals surface area (Å²) in [4.78, 5) is 11.9. The van der Waals surface area contributed by atoms with Crippen LogP contribution in [0.5, 0.6) is 0 Å². The fourth-order valence-electron chi connectivity index (χ4n) is 1.77. The second-order valence-corrected chi connectivity index (χ2v) is 4.39. The minimum absolute atomic E-state index is 0.0561. The van der Waals surface area contributed by atoms with E-state index in [2.05, 4.69) is 5.32 Å². The van der Waals surface area contributed by atoms with Gasteiger partial charge in [0.15, 0.2) is 0 Å². The third kappa shape index (κ3) is 2.83. The summed E-state index contributed by atoms with van der Waals surface area (Å²) in [7, 11) is 0. The molecule has 0 spiro atoms. The molecule has 1 amide bonds. The number of nitrogens with two attached hydrogens (primary N) is 1. The molecule has 1 saturated carbocycles. The van der Waals surface area contributed by atoms with Gasteiger partial charge in [0.05, 0.1) is 5.92 Å². The number of carbonyl (C=O) groups is 1. The van der Waals surface area contributed by atoms with Crippen molar-refractivity contribution in [3.8, 4) is 0 Å². The Kier molecular flexibility index (Phi) is 3.57. The summed E-state index contributed by atoms with van der Waals surface area (Å²) in [5.41, 5.74) is 6.67. The lowest BCUT2D eigenvalue weighted by Gasteiger charge is -2.14. The van der Waals surface area contributed by atoms with E-state index in [1.807, 2.05) is 30.3 Å². The van der Waals surface area contributed by atoms with Crippen molar-refractivity contribution in [2.24, 2.45) is 11.7 Å². The van der Waals surface area contributed by atoms with Crippen LogP contribution in [-0.4, -0.2) is 19.0 Å². The molecule has 0 bridgehead atoms. The lowest BCUT2D eigenvalue weighted by molar-refractivity contribution is -0.122. The molecule has 1 aliphatic carbocycles. The van der Waals surface area contributed by atoms with E-state index < -0.39 is 0 Å². The Labute approximate surface area is 96.0 Å². The van der Waals surface area contributed by atoms with Crippen molar-refractivity contribution in [2.45, 2.75) is 18.8 Å². The average molecular weight is 218 g/mol. The zero-order valence-electron chi connectivity index (χ0n) is 9.36. The molecule has 0 aromatic heterocycles. The van der Waals surface area contributed by atoms with Crippen LogP contribution < -0.4 is 11.1 Å². The molecule has 3 heteroatoms. The summed E-state index contributed by atoms with van der Waals surface area (Å²) < 4.78 is 0. The van der Waals surface area contributed by atoms with E-state index in [9.17, 15) is 4.79 Å². The SMILES string of the molecule is NCC(C(=O)NCC1CC1)c1ccccc1. The zero-order valence-corrected chi connectivity index (χ0v) is 9.36. The van der Waals surface area contributed by atoms with Crippen LogP contribution in [0.15, 0.2) is 30.3 Å². The third-order valence-corrected chi connectivity index (χ3v) is 3.02. The second-order valence-electron chi connectivity index (χ2n) is 4.39. The number of benzene rings is 1. The summed E-state index contributed by atoms with van der Waals surface area (Å²) >= 11 is 0. The highest BCUT2D eigenvalue weighted by Gasteiger charge is 2.24. The normalized spacial score (nSPS) is 16.8. The molecule has 2 rings (SSSR count). The predicted molar refractivity (Wildman–Crippen MR) is 64.0 cm³/mol. The van der Waals surface area contributed by atoms with Crippen LogP contribution in [0.25, 0.3) is 0 Å². The molecule has 16 heavy (non-hydrogen) atoms. The molecule has 0 heterocycles. The predicted octanol–water partition coefficient (Wildman–Crippen LogP) is 1.26. The largest absolute Gasteiger partial charge is 0.355 e. The van der Waals surface area contributed by atoms with E-state index in [0.717, 1.165) is 12.1 Å². The number of amides is 1. The van der Waals surface area contributed by atoms with Crippen LogP contribution in [0.2, 0.25) is 0 Å². The van der Waals surface area contributed by atoms with Crippen molar-refractivity contribution in [2.75, 3.05) is 13.1 Å². The van der Waals surface area contributed by atoms with Crippen LogP contribution in [0, 0.1) is 5.92 Å². The number of nitrogens with one attached hydrogen (secondary N) is 1.